The Morgan fingerprint density at radius 1 is 1.77 bits per heavy atom. The molecule has 0 spiro atoms. The van der Waals surface area contributed by atoms with Gasteiger partial charge in [-0.1, -0.05) is 5.92 Å². The third-order valence-electron chi connectivity index (χ3n) is 1.60. The minimum absolute atomic E-state index is 0.177. The average Bonchev–Trinajstić information content (AvgIpc) is 2.15. The molecule has 0 aliphatic rings. The number of nitrogens with one attached hydrogen (secondary N) is 1. The van der Waals surface area contributed by atoms with Crippen molar-refractivity contribution in [2.45, 2.75) is 6.92 Å². The second-order valence-electron chi connectivity index (χ2n) is 2.52. The number of nitrogens with zero attached hydrogens (tertiary/aromatic N) is 1. The Morgan fingerprint density at radius 2 is 2.54 bits per heavy atom. The number of carbonyl (C=O) groups excluding carboxylic acids is 1. The summed E-state index contributed by atoms with van der Waals surface area (Å²) in [5.41, 5.74) is 1.27. The molecule has 1 heterocycles. The average molecular weight is 174 g/mol. The monoisotopic (exact) mass is 174 g/mol. The molecule has 3 nitrogen and oxygen atoms in total. The molecule has 0 aliphatic heterocycles. The Kier molecular flexibility index (Phi) is 3.04. The lowest BCUT2D eigenvalue weighted by atomic mass is 10.2. The van der Waals surface area contributed by atoms with Crippen LogP contribution in [0.5, 0.6) is 0 Å². The fraction of sp³-hybridized carbons (Fsp3) is 0.200. The van der Waals surface area contributed by atoms with Crippen molar-refractivity contribution in [2.24, 2.45) is 0 Å². The van der Waals surface area contributed by atoms with Crippen LogP contribution in [0.15, 0.2) is 18.3 Å². The number of rotatable bonds is 2. The SMILES string of the molecule is C#CCNC(=O)c1cccnc1C. The molecule has 1 amide bonds. The zero-order valence-electron chi connectivity index (χ0n) is 7.37. The van der Waals surface area contributed by atoms with Crippen molar-refractivity contribution in [1.82, 2.24) is 10.3 Å². The normalized spacial score (nSPS) is 8.92. The third kappa shape index (κ3) is 2.31. The van der Waals surface area contributed by atoms with Gasteiger partial charge in [0.05, 0.1) is 12.1 Å². The van der Waals surface area contributed by atoms with E-state index in [0.29, 0.717) is 11.3 Å². The second-order valence-corrected chi connectivity index (χ2v) is 2.52. The van der Waals surface area contributed by atoms with E-state index in [1.807, 2.05) is 0 Å². The highest BCUT2D eigenvalue weighted by molar-refractivity contribution is 5.95. The van der Waals surface area contributed by atoms with Gasteiger partial charge in [-0.25, -0.2) is 0 Å². The summed E-state index contributed by atoms with van der Waals surface area (Å²) in [4.78, 5) is 15.4. The second kappa shape index (κ2) is 4.27. The molecule has 0 aliphatic carbocycles. The first kappa shape index (κ1) is 9.27. The van der Waals surface area contributed by atoms with Gasteiger partial charge in [-0.15, -0.1) is 6.42 Å². The number of hydrogen-bond donors (Lipinski definition) is 1. The number of pyridine rings is 1. The van der Waals surface area contributed by atoms with E-state index in [9.17, 15) is 4.79 Å². The molecule has 0 bridgehead atoms. The largest absolute Gasteiger partial charge is 0.341 e. The van der Waals surface area contributed by atoms with Crippen LogP contribution in [0.1, 0.15) is 16.1 Å². The zero-order chi connectivity index (χ0) is 9.68. The van der Waals surface area contributed by atoms with Gasteiger partial charge in [-0.3, -0.25) is 9.78 Å². The van der Waals surface area contributed by atoms with Crippen molar-refractivity contribution in [1.29, 1.82) is 0 Å². The standard InChI is InChI=1S/C10H10N2O/c1-3-6-12-10(13)9-5-4-7-11-8(9)2/h1,4-5,7H,6H2,2H3,(H,12,13). The molecule has 0 atom stereocenters. The van der Waals surface area contributed by atoms with Crippen molar-refractivity contribution in [3.63, 3.8) is 0 Å². The van der Waals surface area contributed by atoms with Crippen molar-refractivity contribution in [3.05, 3.63) is 29.6 Å². The predicted molar refractivity (Wildman–Crippen MR) is 50.1 cm³/mol. The van der Waals surface area contributed by atoms with Gasteiger partial charge in [0.15, 0.2) is 0 Å². The fourth-order valence-corrected chi connectivity index (χ4v) is 0.951. The minimum Gasteiger partial charge on any atom is -0.341 e. The lowest BCUT2D eigenvalue weighted by molar-refractivity contribution is 0.0957. The van der Waals surface area contributed by atoms with Crippen LogP contribution in [0.2, 0.25) is 0 Å². The number of amides is 1. The van der Waals surface area contributed by atoms with Crippen LogP contribution in [0.25, 0.3) is 0 Å². The summed E-state index contributed by atoms with van der Waals surface area (Å²) in [5.74, 6) is 2.16. The van der Waals surface area contributed by atoms with Crippen molar-refractivity contribution in [3.8, 4) is 12.3 Å². The zero-order valence-corrected chi connectivity index (χ0v) is 7.37. The Bertz CT molecular complexity index is 352. The summed E-state index contributed by atoms with van der Waals surface area (Å²) < 4.78 is 0. The van der Waals surface area contributed by atoms with Gasteiger partial charge in [0.25, 0.3) is 5.91 Å². The highest BCUT2D eigenvalue weighted by Gasteiger charge is 2.06. The fourth-order valence-electron chi connectivity index (χ4n) is 0.951. The van der Waals surface area contributed by atoms with Crippen LogP contribution in [0.3, 0.4) is 0 Å². The molecule has 1 rings (SSSR count). The van der Waals surface area contributed by atoms with E-state index in [1.165, 1.54) is 0 Å². The molecule has 0 fully saturated rings. The first-order valence-electron chi connectivity index (χ1n) is 3.89. The lowest BCUT2D eigenvalue weighted by Gasteiger charge is -2.03. The molecule has 1 aromatic rings. The van der Waals surface area contributed by atoms with Crippen molar-refractivity contribution < 1.29 is 4.79 Å². The Hall–Kier alpha value is -1.82. The van der Waals surface area contributed by atoms with E-state index >= 15 is 0 Å². The number of hydrogen-bond acceptors (Lipinski definition) is 2. The quantitative estimate of drug-likeness (QED) is 0.672. The summed E-state index contributed by atoms with van der Waals surface area (Å²) in [6, 6.07) is 3.44. The van der Waals surface area contributed by atoms with E-state index in [-0.39, 0.29) is 12.5 Å². The maximum absolute atomic E-state index is 11.4. The van der Waals surface area contributed by atoms with Crippen LogP contribution in [-0.4, -0.2) is 17.4 Å². The molecule has 0 aromatic carbocycles. The molecular weight excluding hydrogens is 164 g/mol. The van der Waals surface area contributed by atoms with Crippen LogP contribution >= 0.6 is 0 Å². The van der Waals surface area contributed by atoms with Gasteiger partial charge in [0.1, 0.15) is 0 Å². The van der Waals surface area contributed by atoms with Gasteiger partial charge >= 0.3 is 0 Å². The van der Waals surface area contributed by atoms with E-state index in [0.717, 1.165) is 0 Å². The molecule has 1 N–H and O–H groups in total. The van der Waals surface area contributed by atoms with E-state index in [1.54, 1.807) is 25.3 Å². The van der Waals surface area contributed by atoms with Crippen molar-refractivity contribution in [2.75, 3.05) is 6.54 Å². The topological polar surface area (TPSA) is 42.0 Å². The Labute approximate surface area is 77.2 Å². The number of aromatic nitrogens is 1. The van der Waals surface area contributed by atoms with Gasteiger partial charge < -0.3 is 5.32 Å². The molecule has 0 saturated carbocycles. The van der Waals surface area contributed by atoms with Gasteiger partial charge in [-0.05, 0) is 19.1 Å². The Morgan fingerprint density at radius 3 is 3.15 bits per heavy atom. The highest BCUT2D eigenvalue weighted by Crippen LogP contribution is 2.02. The minimum atomic E-state index is -0.177. The molecular formula is C10H10N2O. The van der Waals surface area contributed by atoms with Crippen molar-refractivity contribution >= 4 is 5.91 Å². The van der Waals surface area contributed by atoms with Crippen LogP contribution in [0.4, 0.5) is 0 Å². The number of carbonyl (C=O) groups is 1. The molecule has 3 heteroatoms. The number of aryl methyl sites for hydroxylation is 1. The van der Waals surface area contributed by atoms with Crippen LogP contribution < -0.4 is 5.32 Å². The van der Waals surface area contributed by atoms with Gasteiger partial charge in [-0.2, -0.15) is 0 Å². The summed E-state index contributed by atoms with van der Waals surface area (Å²) in [6.07, 6.45) is 6.66. The molecule has 0 saturated heterocycles. The predicted octanol–water partition coefficient (Wildman–Crippen LogP) is 0.753. The first-order chi connectivity index (χ1) is 6.25. The molecule has 66 valence electrons. The van der Waals surface area contributed by atoms with Crippen LogP contribution in [0, 0.1) is 19.3 Å². The van der Waals surface area contributed by atoms with E-state index in [4.69, 9.17) is 6.42 Å². The smallest absolute Gasteiger partial charge is 0.253 e. The molecule has 13 heavy (non-hydrogen) atoms. The van der Waals surface area contributed by atoms with E-state index in [2.05, 4.69) is 16.2 Å². The lowest BCUT2D eigenvalue weighted by Crippen LogP contribution is -2.24. The first-order valence-corrected chi connectivity index (χ1v) is 3.89. The Balaban J connectivity index is 2.78. The van der Waals surface area contributed by atoms with Gasteiger partial charge in [0, 0.05) is 11.9 Å². The van der Waals surface area contributed by atoms with Crippen LogP contribution in [-0.2, 0) is 0 Å². The molecule has 1 aromatic heterocycles. The summed E-state index contributed by atoms with van der Waals surface area (Å²) in [7, 11) is 0. The third-order valence-corrected chi connectivity index (χ3v) is 1.60. The maximum atomic E-state index is 11.4. The van der Waals surface area contributed by atoms with Gasteiger partial charge in [0.2, 0.25) is 0 Å². The summed E-state index contributed by atoms with van der Waals surface area (Å²) >= 11 is 0. The maximum Gasteiger partial charge on any atom is 0.253 e. The molecule has 0 unspecified atom stereocenters. The molecule has 0 radical (unpaired) electrons. The van der Waals surface area contributed by atoms with E-state index < -0.39 is 0 Å². The summed E-state index contributed by atoms with van der Waals surface area (Å²) in [5, 5.41) is 2.57. The number of terminal acetylenes is 1. The highest BCUT2D eigenvalue weighted by atomic mass is 16.1. The summed E-state index contributed by atoms with van der Waals surface area (Å²) in [6.45, 7) is 2.03.